The molecule has 3 nitrogen and oxygen atoms in total. The van der Waals surface area contributed by atoms with Crippen molar-refractivity contribution in [3.63, 3.8) is 0 Å². The third kappa shape index (κ3) is 2.94. The molecule has 1 aliphatic carbocycles. The molecule has 1 amide bonds. The van der Waals surface area contributed by atoms with Crippen LogP contribution in [0.2, 0.25) is 0 Å². The Morgan fingerprint density at radius 3 is 2.58 bits per heavy atom. The number of likely N-dealkylation sites (N-methyl/N-ethyl adjacent to an activating group) is 1. The van der Waals surface area contributed by atoms with E-state index in [0.717, 1.165) is 31.5 Å². The molecule has 0 aromatic rings. The Hall–Kier alpha value is -1.43. The van der Waals surface area contributed by atoms with Gasteiger partial charge in [-0.3, -0.25) is 4.79 Å². The van der Waals surface area contributed by atoms with E-state index in [1.54, 1.807) is 11.9 Å². The summed E-state index contributed by atoms with van der Waals surface area (Å²) in [5.41, 5.74) is 2.46. The average molecular weight is 260 g/mol. The zero-order valence-corrected chi connectivity index (χ0v) is 12.3. The highest BCUT2D eigenvalue weighted by Gasteiger charge is 2.37. The van der Waals surface area contributed by atoms with Crippen LogP contribution in [0.4, 0.5) is 0 Å². The minimum Gasteiger partial charge on any atom is -0.374 e. The number of hydrogen-bond donors (Lipinski definition) is 0. The van der Waals surface area contributed by atoms with Gasteiger partial charge in [-0.25, -0.2) is 0 Å². The summed E-state index contributed by atoms with van der Waals surface area (Å²) in [5, 5.41) is 0. The smallest absolute Gasteiger partial charge is 0.252 e. The van der Waals surface area contributed by atoms with E-state index < -0.39 is 0 Å². The van der Waals surface area contributed by atoms with E-state index in [2.05, 4.69) is 24.7 Å². The highest BCUT2D eigenvalue weighted by atomic mass is 16.2. The Balaban J connectivity index is 2.24. The van der Waals surface area contributed by atoms with Crippen molar-refractivity contribution < 1.29 is 4.79 Å². The molecular weight excluding hydrogens is 236 g/mol. The normalized spacial score (nSPS) is 21.7. The Kier molecular flexibility index (Phi) is 3.89. The molecule has 1 heterocycles. The summed E-state index contributed by atoms with van der Waals surface area (Å²) < 4.78 is 0. The van der Waals surface area contributed by atoms with Gasteiger partial charge in [0.2, 0.25) is 0 Å². The van der Waals surface area contributed by atoms with E-state index in [1.807, 2.05) is 0 Å². The number of carbonyl (C=O) groups excluding carboxylic acids is 1. The Labute approximate surface area is 116 Å². The summed E-state index contributed by atoms with van der Waals surface area (Å²) in [6.07, 6.45) is 9.67. The second kappa shape index (κ2) is 5.28. The summed E-state index contributed by atoms with van der Waals surface area (Å²) in [6.45, 7) is 7.06. The molecule has 0 N–H and O–H groups in total. The molecule has 0 atom stereocenters. The lowest BCUT2D eigenvalue weighted by Gasteiger charge is -2.23. The van der Waals surface area contributed by atoms with Crippen molar-refractivity contribution in [2.45, 2.75) is 39.5 Å². The molecule has 0 spiro atoms. The van der Waals surface area contributed by atoms with Crippen LogP contribution in [0.25, 0.3) is 0 Å². The van der Waals surface area contributed by atoms with E-state index in [9.17, 15) is 4.79 Å². The van der Waals surface area contributed by atoms with Gasteiger partial charge < -0.3 is 9.80 Å². The number of amides is 1. The monoisotopic (exact) mass is 260 g/mol. The van der Waals surface area contributed by atoms with Gasteiger partial charge in [-0.1, -0.05) is 19.8 Å². The Bertz CT molecular complexity index is 436. The van der Waals surface area contributed by atoms with E-state index in [0.29, 0.717) is 6.54 Å². The number of terminal acetylenes is 1. The number of hydrogen-bond acceptors (Lipinski definition) is 2. The standard InChI is InChI=1S/C16H24N2O/c1-5-8-17(4)15(19)13-11-16(2,3)12-14(13)18-9-6-7-10-18/h1H,6-12H2,2-4H3. The van der Waals surface area contributed by atoms with Gasteiger partial charge in [-0.15, -0.1) is 6.42 Å². The molecular formula is C16H24N2O. The fourth-order valence-corrected chi connectivity index (χ4v) is 3.13. The Morgan fingerprint density at radius 2 is 2.00 bits per heavy atom. The number of carbonyl (C=O) groups is 1. The van der Waals surface area contributed by atoms with Crippen LogP contribution in [0.15, 0.2) is 11.3 Å². The highest BCUT2D eigenvalue weighted by molar-refractivity contribution is 5.94. The molecule has 3 heteroatoms. The molecule has 0 bridgehead atoms. The molecule has 19 heavy (non-hydrogen) atoms. The predicted octanol–water partition coefficient (Wildman–Crippen LogP) is 2.25. The van der Waals surface area contributed by atoms with Gasteiger partial charge in [-0.2, -0.15) is 0 Å². The molecule has 0 radical (unpaired) electrons. The summed E-state index contributed by atoms with van der Waals surface area (Å²) in [4.78, 5) is 16.6. The van der Waals surface area contributed by atoms with Gasteiger partial charge in [0.15, 0.2) is 0 Å². The molecule has 0 saturated carbocycles. The van der Waals surface area contributed by atoms with E-state index >= 15 is 0 Å². The molecule has 0 aromatic heterocycles. The summed E-state index contributed by atoms with van der Waals surface area (Å²) >= 11 is 0. The zero-order valence-electron chi connectivity index (χ0n) is 12.3. The fourth-order valence-electron chi connectivity index (χ4n) is 3.13. The van der Waals surface area contributed by atoms with Crippen LogP contribution in [0.1, 0.15) is 39.5 Å². The second-order valence-corrected chi connectivity index (χ2v) is 6.50. The van der Waals surface area contributed by atoms with Crippen LogP contribution in [-0.4, -0.2) is 42.4 Å². The maximum atomic E-state index is 12.5. The topological polar surface area (TPSA) is 23.6 Å². The molecule has 1 aliphatic heterocycles. The van der Waals surface area contributed by atoms with Crippen molar-refractivity contribution in [3.05, 3.63) is 11.3 Å². The number of allylic oxidation sites excluding steroid dienone is 1. The fraction of sp³-hybridized carbons (Fsp3) is 0.688. The van der Waals surface area contributed by atoms with Gasteiger partial charge >= 0.3 is 0 Å². The lowest BCUT2D eigenvalue weighted by Crippen LogP contribution is -2.30. The lowest BCUT2D eigenvalue weighted by molar-refractivity contribution is -0.125. The molecule has 1 saturated heterocycles. The molecule has 2 aliphatic rings. The highest BCUT2D eigenvalue weighted by Crippen LogP contribution is 2.43. The van der Waals surface area contributed by atoms with Crippen LogP contribution in [0, 0.1) is 17.8 Å². The average Bonchev–Trinajstić information content (AvgIpc) is 2.95. The van der Waals surface area contributed by atoms with Gasteiger partial charge in [0.25, 0.3) is 5.91 Å². The van der Waals surface area contributed by atoms with E-state index in [4.69, 9.17) is 6.42 Å². The molecule has 1 fully saturated rings. The van der Waals surface area contributed by atoms with Gasteiger partial charge in [0.1, 0.15) is 0 Å². The van der Waals surface area contributed by atoms with Gasteiger partial charge in [-0.05, 0) is 31.1 Å². The van der Waals surface area contributed by atoms with Crippen LogP contribution >= 0.6 is 0 Å². The molecule has 0 unspecified atom stereocenters. The van der Waals surface area contributed by atoms with Crippen LogP contribution < -0.4 is 0 Å². The molecule has 0 aromatic carbocycles. The van der Waals surface area contributed by atoms with Gasteiger partial charge in [0.05, 0.1) is 6.54 Å². The van der Waals surface area contributed by atoms with E-state index in [-0.39, 0.29) is 11.3 Å². The number of nitrogens with zero attached hydrogens (tertiary/aromatic N) is 2. The quantitative estimate of drug-likeness (QED) is 0.727. The van der Waals surface area contributed by atoms with Crippen molar-refractivity contribution in [1.29, 1.82) is 0 Å². The first-order valence-corrected chi connectivity index (χ1v) is 7.10. The summed E-state index contributed by atoms with van der Waals surface area (Å²) in [5.74, 6) is 2.66. The SMILES string of the molecule is C#CCN(C)C(=O)C1=C(N2CCCC2)CC(C)(C)C1. The first kappa shape index (κ1) is 14.0. The first-order chi connectivity index (χ1) is 8.94. The maximum Gasteiger partial charge on any atom is 0.252 e. The predicted molar refractivity (Wildman–Crippen MR) is 77.3 cm³/mol. The second-order valence-electron chi connectivity index (χ2n) is 6.50. The third-order valence-corrected chi connectivity index (χ3v) is 4.07. The zero-order chi connectivity index (χ0) is 14.0. The largest absolute Gasteiger partial charge is 0.374 e. The van der Waals surface area contributed by atoms with Crippen molar-refractivity contribution >= 4 is 5.91 Å². The van der Waals surface area contributed by atoms with Gasteiger partial charge in [0, 0.05) is 31.4 Å². The van der Waals surface area contributed by atoms with Crippen molar-refractivity contribution in [2.24, 2.45) is 5.41 Å². The van der Waals surface area contributed by atoms with E-state index in [1.165, 1.54) is 18.5 Å². The van der Waals surface area contributed by atoms with Crippen molar-refractivity contribution in [1.82, 2.24) is 9.80 Å². The summed E-state index contributed by atoms with van der Waals surface area (Å²) in [6, 6.07) is 0. The van der Waals surface area contributed by atoms with Crippen LogP contribution in [0.3, 0.4) is 0 Å². The number of likely N-dealkylation sites (tertiary alicyclic amines) is 1. The first-order valence-electron chi connectivity index (χ1n) is 7.10. The molecule has 104 valence electrons. The maximum absolute atomic E-state index is 12.5. The van der Waals surface area contributed by atoms with Crippen molar-refractivity contribution in [2.75, 3.05) is 26.7 Å². The minimum atomic E-state index is 0.116. The van der Waals surface area contributed by atoms with Crippen LogP contribution in [0.5, 0.6) is 0 Å². The Morgan fingerprint density at radius 1 is 1.37 bits per heavy atom. The minimum absolute atomic E-state index is 0.116. The number of rotatable bonds is 3. The molecule has 2 rings (SSSR count). The van der Waals surface area contributed by atoms with Crippen LogP contribution in [-0.2, 0) is 4.79 Å². The summed E-state index contributed by atoms with van der Waals surface area (Å²) in [7, 11) is 1.79. The van der Waals surface area contributed by atoms with Crippen molar-refractivity contribution in [3.8, 4) is 12.3 Å². The third-order valence-electron chi connectivity index (χ3n) is 4.07. The lowest BCUT2D eigenvalue weighted by atomic mass is 9.89.